The first kappa shape index (κ1) is 23.4. The number of carbonyl (C=O) groups excluding carboxylic acids is 1. The van der Waals surface area contributed by atoms with Crippen molar-refractivity contribution in [3.8, 4) is 11.3 Å². The number of rotatable bonds is 6. The molecular formula is C22H31ClN6O2. The van der Waals surface area contributed by atoms with Crippen LogP contribution < -0.4 is 16.0 Å². The van der Waals surface area contributed by atoms with Gasteiger partial charge in [-0.25, -0.2) is 9.97 Å². The summed E-state index contributed by atoms with van der Waals surface area (Å²) in [4.78, 5) is 23.4. The largest absolute Gasteiger partial charge is 0.381 e. The van der Waals surface area contributed by atoms with E-state index in [1.165, 1.54) is 32.0 Å². The van der Waals surface area contributed by atoms with E-state index in [4.69, 9.17) is 16.3 Å². The highest BCUT2D eigenvalue weighted by atomic mass is 35.5. The summed E-state index contributed by atoms with van der Waals surface area (Å²) in [6, 6.07) is 2.46. The topological polar surface area (TPSA) is 101 Å². The zero-order chi connectivity index (χ0) is 21.9. The Balaban J connectivity index is 0.000000330. The third-order valence-corrected chi connectivity index (χ3v) is 5.74. The van der Waals surface area contributed by atoms with Gasteiger partial charge in [0.05, 0.1) is 23.1 Å². The highest BCUT2D eigenvalue weighted by Crippen LogP contribution is 2.28. The quantitative estimate of drug-likeness (QED) is 0.581. The average Bonchev–Trinajstić information content (AvgIpc) is 2.81. The lowest BCUT2D eigenvalue weighted by molar-refractivity contribution is -0.105. The number of anilines is 2. The Morgan fingerprint density at radius 1 is 1.19 bits per heavy atom. The molecule has 0 saturated carbocycles. The molecule has 31 heavy (non-hydrogen) atoms. The van der Waals surface area contributed by atoms with Crippen molar-refractivity contribution < 1.29 is 9.53 Å². The van der Waals surface area contributed by atoms with E-state index in [-0.39, 0.29) is 0 Å². The van der Waals surface area contributed by atoms with Crippen LogP contribution >= 0.6 is 11.6 Å². The highest BCUT2D eigenvalue weighted by molar-refractivity contribution is 6.33. The van der Waals surface area contributed by atoms with Crippen LogP contribution in [0.1, 0.15) is 39.0 Å². The maximum atomic E-state index is 10.6. The molecule has 2 saturated heterocycles. The van der Waals surface area contributed by atoms with Gasteiger partial charge >= 0.3 is 0 Å². The van der Waals surface area contributed by atoms with Crippen LogP contribution in [-0.2, 0) is 9.53 Å². The smallest absolute Gasteiger partial charge is 0.212 e. The van der Waals surface area contributed by atoms with Crippen molar-refractivity contribution in [3.63, 3.8) is 0 Å². The van der Waals surface area contributed by atoms with Crippen LogP contribution in [0.4, 0.5) is 11.6 Å². The first-order chi connectivity index (χ1) is 15.2. The molecule has 1 amide bonds. The van der Waals surface area contributed by atoms with E-state index >= 15 is 0 Å². The molecule has 3 N–H and O–H groups in total. The summed E-state index contributed by atoms with van der Waals surface area (Å²) in [5.74, 6) is 1.68. The van der Waals surface area contributed by atoms with Gasteiger partial charge in [0, 0.05) is 37.6 Å². The Morgan fingerprint density at radius 2 is 2.03 bits per heavy atom. The molecule has 0 aromatic carbocycles. The predicted octanol–water partition coefficient (Wildman–Crippen LogP) is 3.75. The first-order valence-corrected chi connectivity index (χ1v) is 11.3. The Bertz CT molecular complexity index is 825. The third kappa shape index (κ3) is 7.72. The molecule has 8 nitrogen and oxygen atoms in total. The molecule has 4 heterocycles. The normalized spacial score (nSPS) is 19.1. The molecule has 0 aliphatic carbocycles. The summed E-state index contributed by atoms with van der Waals surface area (Å²) >= 11 is 6.20. The Kier molecular flexibility index (Phi) is 9.45. The fraction of sp³-hybridized carbons (Fsp3) is 0.545. The van der Waals surface area contributed by atoms with Crippen molar-refractivity contribution >= 4 is 29.6 Å². The van der Waals surface area contributed by atoms with Gasteiger partial charge in [0.25, 0.3) is 0 Å². The van der Waals surface area contributed by atoms with Gasteiger partial charge in [0.15, 0.2) is 0 Å². The van der Waals surface area contributed by atoms with Gasteiger partial charge < -0.3 is 20.7 Å². The zero-order valence-corrected chi connectivity index (χ0v) is 18.7. The molecule has 1 unspecified atom stereocenters. The molecular weight excluding hydrogens is 416 g/mol. The van der Waals surface area contributed by atoms with Crippen LogP contribution in [0.5, 0.6) is 0 Å². The van der Waals surface area contributed by atoms with Crippen molar-refractivity contribution in [2.24, 2.45) is 5.92 Å². The lowest BCUT2D eigenvalue weighted by Gasteiger charge is -2.22. The number of nitrogens with zero attached hydrogens (tertiary/aromatic N) is 3. The number of halogens is 1. The average molecular weight is 447 g/mol. The van der Waals surface area contributed by atoms with Crippen molar-refractivity contribution in [1.82, 2.24) is 20.3 Å². The first-order valence-electron chi connectivity index (χ1n) is 10.9. The number of amides is 1. The van der Waals surface area contributed by atoms with Gasteiger partial charge in [-0.1, -0.05) is 18.0 Å². The molecule has 2 aliphatic rings. The van der Waals surface area contributed by atoms with Crippen molar-refractivity contribution in [1.29, 1.82) is 0 Å². The summed E-state index contributed by atoms with van der Waals surface area (Å²) in [7, 11) is 0. The van der Waals surface area contributed by atoms with Crippen molar-refractivity contribution in [2.45, 2.75) is 45.1 Å². The SMILES string of the molecule is CC1CCCCN1.O=CNc1cc(-c2cncc(NCC3CCOCC3)n2)c(Cl)cn1. The molecule has 0 spiro atoms. The van der Waals surface area contributed by atoms with Crippen molar-refractivity contribution in [3.05, 3.63) is 29.7 Å². The van der Waals surface area contributed by atoms with Gasteiger partial charge in [-0.2, -0.15) is 0 Å². The third-order valence-electron chi connectivity index (χ3n) is 5.44. The standard InChI is InChI=1S/C16H18ClN5O2.C6H13N/c17-13-7-20-15(21-10-23)5-12(13)14-8-18-9-16(22-14)19-6-11-1-3-24-4-2-11;1-6-4-2-3-5-7-6/h5,7-11H,1-4,6H2,(H,19,22)(H,20,21,23);6-7H,2-5H2,1H3. The fourth-order valence-electron chi connectivity index (χ4n) is 3.58. The molecule has 168 valence electrons. The fourth-order valence-corrected chi connectivity index (χ4v) is 3.78. The van der Waals surface area contributed by atoms with Crippen LogP contribution in [0.25, 0.3) is 11.3 Å². The summed E-state index contributed by atoms with van der Waals surface area (Å²) in [5.41, 5.74) is 1.28. The minimum absolute atomic E-state index is 0.409. The molecule has 0 radical (unpaired) electrons. The molecule has 9 heteroatoms. The lowest BCUT2D eigenvalue weighted by atomic mass is 10.0. The van der Waals surface area contributed by atoms with E-state index in [0.717, 1.165) is 38.6 Å². The van der Waals surface area contributed by atoms with E-state index in [9.17, 15) is 4.79 Å². The van der Waals surface area contributed by atoms with Crippen LogP contribution in [0.3, 0.4) is 0 Å². The number of aromatic nitrogens is 3. The molecule has 1 atom stereocenters. The summed E-state index contributed by atoms with van der Waals surface area (Å²) in [5, 5.41) is 9.65. The van der Waals surface area contributed by atoms with Crippen LogP contribution in [0, 0.1) is 5.92 Å². The van der Waals surface area contributed by atoms with Gasteiger partial charge in [-0.05, 0) is 51.1 Å². The Morgan fingerprint density at radius 3 is 2.71 bits per heavy atom. The van der Waals surface area contributed by atoms with Crippen LogP contribution in [0.2, 0.25) is 5.02 Å². The van der Waals surface area contributed by atoms with Crippen LogP contribution in [0.15, 0.2) is 24.7 Å². The number of pyridine rings is 1. The number of carbonyl (C=O) groups is 1. The van der Waals surface area contributed by atoms with E-state index < -0.39 is 0 Å². The molecule has 0 bridgehead atoms. The van der Waals surface area contributed by atoms with Gasteiger partial charge in [0.2, 0.25) is 6.41 Å². The van der Waals surface area contributed by atoms with Gasteiger partial charge in [0.1, 0.15) is 11.6 Å². The molecule has 4 rings (SSSR count). The van der Waals surface area contributed by atoms with Gasteiger partial charge in [-0.3, -0.25) is 9.78 Å². The van der Waals surface area contributed by atoms with E-state index in [1.54, 1.807) is 18.5 Å². The second-order valence-electron chi connectivity index (χ2n) is 7.89. The second-order valence-corrected chi connectivity index (χ2v) is 8.30. The van der Waals surface area contributed by atoms with E-state index in [1.807, 2.05) is 0 Å². The summed E-state index contributed by atoms with van der Waals surface area (Å²) in [6.07, 6.45) is 11.6. The number of piperidine rings is 1. The Hall–Kier alpha value is -2.29. The zero-order valence-electron chi connectivity index (χ0n) is 17.9. The molecule has 2 aromatic rings. The summed E-state index contributed by atoms with van der Waals surface area (Å²) < 4.78 is 5.37. The lowest BCUT2D eigenvalue weighted by Crippen LogP contribution is -2.30. The number of nitrogens with one attached hydrogen (secondary N) is 3. The van der Waals surface area contributed by atoms with E-state index in [2.05, 4.69) is 37.8 Å². The van der Waals surface area contributed by atoms with Gasteiger partial charge in [-0.15, -0.1) is 0 Å². The highest BCUT2D eigenvalue weighted by Gasteiger charge is 2.14. The number of hydrogen-bond donors (Lipinski definition) is 3. The molecule has 2 aromatic heterocycles. The number of ether oxygens (including phenoxy) is 1. The van der Waals surface area contributed by atoms with Crippen LogP contribution in [-0.4, -0.2) is 53.7 Å². The second kappa shape index (κ2) is 12.5. The predicted molar refractivity (Wildman–Crippen MR) is 123 cm³/mol. The monoisotopic (exact) mass is 446 g/mol. The van der Waals surface area contributed by atoms with Crippen molar-refractivity contribution in [2.75, 3.05) is 36.9 Å². The minimum atomic E-state index is 0.409. The number of hydrogen-bond acceptors (Lipinski definition) is 7. The maximum Gasteiger partial charge on any atom is 0.212 e. The Labute approximate surface area is 188 Å². The van der Waals surface area contributed by atoms with E-state index in [0.29, 0.717) is 40.2 Å². The minimum Gasteiger partial charge on any atom is -0.381 e. The maximum absolute atomic E-state index is 10.6. The molecule has 2 aliphatic heterocycles. The summed E-state index contributed by atoms with van der Waals surface area (Å²) in [6.45, 7) is 5.96. The molecule has 2 fully saturated rings.